The first-order valence-corrected chi connectivity index (χ1v) is 12.4. The molecular weight excluding hydrogens is 472 g/mol. The summed E-state index contributed by atoms with van der Waals surface area (Å²) in [6.45, 7) is 0.148. The molecule has 11 nitrogen and oxygen atoms in total. The van der Waals surface area contributed by atoms with E-state index in [9.17, 15) is 23.6 Å². The number of aliphatic hydroxyl groups is 1. The first-order chi connectivity index (χ1) is 16.7. The summed E-state index contributed by atoms with van der Waals surface area (Å²) in [5.74, 6) is -0.743. The molecule has 1 saturated carbocycles. The lowest BCUT2D eigenvalue weighted by atomic mass is 9.96. The number of nitrogens with two attached hydrogens (primary N) is 1. The molecule has 1 aromatic carbocycles. The summed E-state index contributed by atoms with van der Waals surface area (Å²) in [5.41, 5.74) is 2.40. The summed E-state index contributed by atoms with van der Waals surface area (Å²) < 4.78 is 28.3. The fourth-order valence-electron chi connectivity index (χ4n) is 4.37. The van der Waals surface area contributed by atoms with E-state index in [2.05, 4.69) is 25.3 Å². The molecule has 0 unspecified atom stereocenters. The molecule has 0 bridgehead atoms. The molecule has 0 amide bonds. The SMILES string of the molecule is N#Cc1ccccc1Cn1ccc(C(=O)c2cncnc2C[C@@H]2C[C@H](COS(N)(=O)=O)[C@@H](O)C2)n1. The largest absolute Gasteiger partial charge is 0.393 e. The molecule has 2 heterocycles. The van der Waals surface area contributed by atoms with Crippen LogP contribution in [-0.4, -0.2) is 51.8 Å². The molecule has 4 rings (SSSR count). The molecule has 0 radical (unpaired) electrons. The highest BCUT2D eigenvalue weighted by atomic mass is 32.2. The zero-order valence-electron chi connectivity index (χ0n) is 18.7. The fraction of sp³-hybridized carbons (Fsp3) is 0.348. The van der Waals surface area contributed by atoms with E-state index in [0.29, 0.717) is 42.6 Å². The Labute approximate surface area is 202 Å². The number of carbonyl (C=O) groups excluding carboxylic acids is 1. The van der Waals surface area contributed by atoms with Crippen LogP contribution in [0.4, 0.5) is 0 Å². The van der Waals surface area contributed by atoms with E-state index in [1.54, 1.807) is 29.1 Å². The average molecular weight is 497 g/mol. The van der Waals surface area contributed by atoms with Gasteiger partial charge in [-0.1, -0.05) is 18.2 Å². The molecule has 2 aromatic heterocycles. The van der Waals surface area contributed by atoms with Crippen LogP contribution < -0.4 is 5.14 Å². The van der Waals surface area contributed by atoms with Gasteiger partial charge in [-0.2, -0.15) is 18.8 Å². The molecule has 0 spiro atoms. The fourth-order valence-corrected chi connectivity index (χ4v) is 4.74. The number of ketones is 1. The first kappa shape index (κ1) is 24.6. The molecule has 12 heteroatoms. The van der Waals surface area contributed by atoms with Crippen molar-refractivity contribution in [1.82, 2.24) is 19.7 Å². The predicted molar refractivity (Wildman–Crippen MR) is 123 cm³/mol. The van der Waals surface area contributed by atoms with Crippen LogP contribution in [-0.2, 0) is 27.5 Å². The van der Waals surface area contributed by atoms with Crippen LogP contribution in [0, 0.1) is 23.2 Å². The Morgan fingerprint density at radius 1 is 1.29 bits per heavy atom. The van der Waals surface area contributed by atoms with Crippen LogP contribution in [0.2, 0.25) is 0 Å². The van der Waals surface area contributed by atoms with Crippen molar-refractivity contribution >= 4 is 16.1 Å². The normalized spacial score (nSPS) is 20.0. The summed E-state index contributed by atoms with van der Waals surface area (Å²) in [6.07, 6.45) is 5.06. The predicted octanol–water partition coefficient (Wildman–Crippen LogP) is 0.974. The highest BCUT2D eigenvalue weighted by molar-refractivity contribution is 7.84. The van der Waals surface area contributed by atoms with Gasteiger partial charge in [0, 0.05) is 18.3 Å². The molecular formula is C23H24N6O5S. The third kappa shape index (κ3) is 6.14. The van der Waals surface area contributed by atoms with Crippen LogP contribution >= 0.6 is 0 Å². The summed E-state index contributed by atoms with van der Waals surface area (Å²) in [7, 11) is -4.08. The maximum absolute atomic E-state index is 13.2. The van der Waals surface area contributed by atoms with E-state index < -0.39 is 16.4 Å². The van der Waals surface area contributed by atoms with E-state index in [0.717, 1.165) is 5.56 Å². The second kappa shape index (κ2) is 10.4. The van der Waals surface area contributed by atoms with Crippen molar-refractivity contribution in [2.24, 2.45) is 17.0 Å². The van der Waals surface area contributed by atoms with Gasteiger partial charge in [0.05, 0.1) is 42.1 Å². The molecule has 1 aliphatic rings. The summed E-state index contributed by atoms with van der Waals surface area (Å²) in [4.78, 5) is 21.5. The lowest BCUT2D eigenvalue weighted by Gasteiger charge is -2.13. The van der Waals surface area contributed by atoms with Gasteiger partial charge in [-0.05, 0) is 42.9 Å². The Morgan fingerprint density at radius 3 is 2.86 bits per heavy atom. The molecule has 35 heavy (non-hydrogen) atoms. The van der Waals surface area contributed by atoms with Gasteiger partial charge in [0.1, 0.15) is 12.0 Å². The molecule has 0 saturated heterocycles. The molecule has 1 fully saturated rings. The molecule has 1 aliphatic carbocycles. The van der Waals surface area contributed by atoms with Crippen molar-refractivity contribution in [3.63, 3.8) is 0 Å². The van der Waals surface area contributed by atoms with Gasteiger partial charge >= 0.3 is 10.3 Å². The van der Waals surface area contributed by atoms with Gasteiger partial charge < -0.3 is 5.11 Å². The quantitative estimate of drug-likeness (QED) is 0.409. The number of carbonyl (C=O) groups is 1. The minimum Gasteiger partial charge on any atom is -0.393 e. The molecule has 3 N–H and O–H groups in total. The van der Waals surface area contributed by atoms with E-state index in [4.69, 9.17) is 5.14 Å². The van der Waals surface area contributed by atoms with Gasteiger partial charge in [0.15, 0.2) is 0 Å². The Hall–Kier alpha value is -3.50. The van der Waals surface area contributed by atoms with Crippen LogP contribution in [0.1, 0.15) is 45.7 Å². The van der Waals surface area contributed by atoms with Gasteiger partial charge in [0.25, 0.3) is 0 Å². The van der Waals surface area contributed by atoms with Crippen molar-refractivity contribution in [1.29, 1.82) is 5.26 Å². The molecule has 3 atom stereocenters. The smallest absolute Gasteiger partial charge is 0.333 e. The molecule has 182 valence electrons. The maximum atomic E-state index is 13.2. The van der Waals surface area contributed by atoms with Gasteiger partial charge in [-0.15, -0.1) is 0 Å². The number of benzene rings is 1. The summed E-state index contributed by atoms with van der Waals surface area (Å²) >= 11 is 0. The van der Waals surface area contributed by atoms with Crippen LogP contribution in [0.5, 0.6) is 0 Å². The standard InChI is InChI=1S/C23H24N6O5S/c24-10-16-3-1-2-4-17(16)12-29-6-5-20(28-29)23(31)19-11-26-14-27-21(19)8-15-7-18(22(30)9-15)13-34-35(25,32)33/h1-6,11,14-15,18,22,30H,7-9,12-13H2,(H2,25,32,33)/t15-,18+,22-/m0/s1. The van der Waals surface area contributed by atoms with Crippen LogP contribution in [0.25, 0.3) is 0 Å². The number of hydrogen-bond donors (Lipinski definition) is 2. The van der Waals surface area contributed by atoms with Gasteiger partial charge in [-0.25, -0.2) is 15.1 Å². The van der Waals surface area contributed by atoms with Crippen LogP contribution in [0.15, 0.2) is 49.1 Å². The highest BCUT2D eigenvalue weighted by Gasteiger charge is 2.35. The Bertz CT molecular complexity index is 1370. The molecule has 3 aromatic rings. The zero-order chi connectivity index (χ0) is 25.0. The summed E-state index contributed by atoms with van der Waals surface area (Å²) in [5, 5.41) is 28.8. The van der Waals surface area contributed by atoms with E-state index in [-0.39, 0.29) is 29.9 Å². The van der Waals surface area contributed by atoms with E-state index >= 15 is 0 Å². The lowest BCUT2D eigenvalue weighted by Crippen LogP contribution is -2.24. The lowest BCUT2D eigenvalue weighted by molar-refractivity contribution is 0.100. The number of nitrogens with zero attached hydrogens (tertiary/aromatic N) is 5. The summed E-state index contributed by atoms with van der Waals surface area (Å²) in [6, 6.07) is 10.9. The third-order valence-electron chi connectivity index (χ3n) is 6.07. The number of aliphatic hydroxyl groups excluding tert-OH is 1. The Morgan fingerprint density at radius 2 is 2.09 bits per heavy atom. The number of aromatic nitrogens is 4. The maximum Gasteiger partial charge on any atom is 0.333 e. The topological polar surface area (TPSA) is 174 Å². The second-order valence-corrected chi connectivity index (χ2v) is 9.75. The van der Waals surface area contributed by atoms with E-state index in [1.807, 2.05) is 12.1 Å². The van der Waals surface area contributed by atoms with Gasteiger partial charge in [0.2, 0.25) is 5.78 Å². The minimum atomic E-state index is -4.08. The number of hydrogen-bond acceptors (Lipinski definition) is 9. The zero-order valence-corrected chi connectivity index (χ0v) is 19.5. The average Bonchev–Trinajstić information content (AvgIpc) is 3.43. The number of nitriles is 1. The highest BCUT2D eigenvalue weighted by Crippen LogP contribution is 2.34. The minimum absolute atomic E-state index is 0.0273. The molecule has 0 aliphatic heterocycles. The first-order valence-electron chi connectivity index (χ1n) is 10.9. The monoisotopic (exact) mass is 496 g/mol. The van der Waals surface area contributed by atoms with Crippen molar-refractivity contribution < 1.29 is 22.5 Å². The van der Waals surface area contributed by atoms with Crippen molar-refractivity contribution in [2.45, 2.75) is 31.9 Å². The van der Waals surface area contributed by atoms with Crippen LogP contribution in [0.3, 0.4) is 0 Å². The Balaban J connectivity index is 1.46. The Kier molecular flexibility index (Phi) is 7.32. The van der Waals surface area contributed by atoms with Crippen molar-refractivity contribution in [3.05, 3.63) is 77.1 Å². The van der Waals surface area contributed by atoms with Gasteiger partial charge in [-0.3, -0.25) is 13.7 Å². The van der Waals surface area contributed by atoms with Crippen molar-refractivity contribution in [3.8, 4) is 6.07 Å². The van der Waals surface area contributed by atoms with E-state index in [1.165, 1.54) is 12.5 Å². The second-order valence-electron chi connectivity index (χ2n) is 8.53. The number of rotatable bonds is 9. The van der Waals surface area contributed by atoms with Crippen molar-refractivity contribution in [2.75, 3.05) is 6.61 Å². The third-order valence-corrected chi connectivity index (χ3v) is 6.53.